The summed E-state index contributed by atoms with van der Waals surface area (Å²) in [4.78, 5) is 3.12. The van der Waals surface area contributed by atoms with Crippen LogP contribution < -0.4 is 0 Å². The number of hydrogen-bond donors (Lipinski definition) is 1. The summed E-state index contributed by atoms with van der Waals surface area (Å²) in [5.41, 5.74) is -1.77. The van der Waals surface area contributed by atoms with Crippen LogP contribution in [-0.4, -0.2) is 10.1 Å². The van der Waals surface area contributed by atoms with Crippen LogP contribution in [0.15, 0.2) is 30.3 Å². The molecular formula is C13H7ClF5NO. The lowest BCUT2D eigenvalue weighted by Crippen LogP contribution is -2.11. The largest absolute Gasteiger partial charge is 0.433 e. The van der Waals surface area contributed by atoms with Crippen molar-refractivity contribution < 1.29 is 27.1 Å². The number of rotatable bonds is 2. The second kappa shape index (κ2) is 5.57. The van der Waals surface area contributed by atoms with Crippen molar-refractivity contribution in [3.05, 3.63) is 63.9 Å². The first-order valence-electron chi connectivity index (χ1n) is 5.57. The number of benzene rings is 1. The average Bonchev–Trinajstić information content (AvgIpc) is 2.36. The lowest BCUT2D eigenvalue weighted by atomic mass is 10.0. The highest BCUT2D eigenvalue weighted by Crippen LogP contribution is 2.33. The quantitative estimate of drug-likeness (QED) is 0.666. The molecule has 0 fully saturated rings. The molecule has 0 aliphatic heterocycles. The molecule has 0 bridgehead atoms. The normalized spacial score (nSPS) is 13.3. The minimum absolute atomic E-state index is 0.213. The molecule has 1 aromatic heterocycles. The summed E-state index contributed by atoms with van der Waals surface area (Å²) in [6.45, 7) is 0. The number of hydrogen-bond acceptors (Lipinski definition) is 2. The van der Waals surface area contributed by atoms with Gasteiger partial charge in [-0.3, -0.25) is 0 Å². The van der Waals surface area contributed by atoms with Crippen molar-refractivity contribution in [2.45, 2.75) is 12.3 Å². The third-order valence-electron chi connectivity index (χ3n) is 2.72. The van der Waals surface area contributed by atoms with Crippen molar-refractivity contribution in [3.63, 3.8) is 0 Å². The monoisotopic (exact) mass is 323 g/mol. The van der Waals surface area contributed by atoms with E-state index in [1.165, 1.54) is 0 Å². The molecule has 0 spiro atoms. The molecule has 2 nitrogen and oxygen atoms in total. The molecule has 21 heavy (non-hydrogen) atoms. The van der Waals surface area contributed by atoms with Crippen LogP contribution in [0.5, 0.6) is 0 Å². The molecule has 0 aliphatic carbocycles. The zero-order valence-electron chi connectivity index (χ0n) is 10.1. The fourth-order valence-electron chi connectivity index (χ4n) is 1.70. The molecule has 1 heterocycles. The summed E-state index contributed by atoms with van der Waals surface area (Å²) in [6.07, 6.45) is -6.35. The fourth-order valence-corrected chi connectivity index (χ4v) is 1.96. The van der Waals surface area contributed by atoms with Crippen molar-refractivity contribution >= 4 is 11.6 Å². The smallest absolute Gasteiger partial charge is 0.383 e. The maximum atomic E-state index is 13.5. The van der Waals surface area contributed by atoms with Crippen molar-refractivity contribution in [1.29, 1.82) is 0 Å². The van der Waals surface area contributed by atoms with E-state index < -0.39 is 34.8 Å². The fraction of sp³-hybridized carbons (Fsp3) is 0.154. The zero-order valence-corrected chi connectivity index (χ0v) is 10.9. The number of nitrogens with zero attached hydrogens (tertiary/aromatic N) is 1. The zero-order chi connectivity index (χ0) is 15.8. The van der Waals surface area contributed by atoms with Gasteiger partial charge in [0.1, 0.15) is 28.6 Å². The van der Waals surface area contributed by atoms with E-state index in [2.05, 4.69) is 4.98 Å². The van der Waals surface area contributed by atoms with Crippen molar-refractivity contribution in [3.8, 4) is 0 Å². The first kappa shape index (κ1) is 15.7. The lowest BCUT2D eigenvalue weighted by molar-refractivity contribution is -0.141. The summed E-state index contributed by atoms with van der Waals surface area (Å²) in [5, 5.41) is 9.36. The van der Waals surface area contributed by atoms with E-state index in [0.29, 0.717) is 12.1 Å². The van der Waals surface area contributed by atoms with Gasteiger partial charge in [-0.1, -0.05) is 23.7 Å². The Hall–Kier alpha value is -1.73. The molecule has 2 aromatic rings. The number of pyridine rings is 1. The van der Waals surface area contributed by atoms with E-state index >= 15 is 0 Å². The molecular weight excluding hydrogens is 317 g/mol. The lowest BCUT2D eigenvalue weighted by Gasteiger charge is -2.15. The van der Waals surface area contributed by atoms with Gasteiger partial charge < -0.3 is 5.11 Å². The van der Waals surface area contributed by atoms with Crippen molar-refractivity contribution in [2.75, 3.05) is 0 Å². The van der Waals surface area contributed by atoms with E-state index in [1.54, 1.807) is 0 Å². The van der Waals surface area contributed by atoms with E-state index in [4.69, 9.17) is 11.6 Å². The number of aromatic nitrogens is 1. The van der Waals surface area contributed by atoms with Crippen LogP contribution >= 0.6 is 11.6 Å². The second-order valence-electron chi connectivity index (χ2n) is 4.14. The van der Waals surface area contributed by atoms with Crippen LogP contribution in [0.3, 0.4) is 0 Å². The summed E-state index contributed by atoms with van der Waals surface area (Å²) >= 11 is 5.60. The Morgan fingerprint density at radius 3 is 2.19 bits per heavy atom. The van der Waals surface area contributed by atoms with Gasteiger partial charge in [0.15, 0.2) is 0 Å². The Morgan fingerprint density at radius 1 is 1.05 bits per heavy atom. The highest BCUT2D eigenvalue weighted by atomic mass is 35.5. The van der Waals surface area contributed by atoms with Crippen LogP contribution in [0.2, 0.25) is 5.15 Å². The van der Waals surface area contributed by atoms with Gasteiger partial charge in [0.2, 0.25) is 0 Å². The topological polar surface area (TPSA) is 33.1 Å². The molecule has 1 aromatic carbocycles. The first-order chi connectivity index (χ1) is 9.70. The molecule has 1 N–H and O–H groups in total. The third-order valence-corrected chi connectivity index (χ3v) is 3.02. The number of aliphatic hydroxyl groups excluding tert-OH is 1. The summed E-state index contributed by atoms with van der Waals surface area (Å²) in [5.74, 6) is -1.89. The Bertz CT molecular complexity index is 674. The summed E-state index contributed by atoms with van der Waals surface area (Å²) < 4.78 is 63.7. The molecule has 2 rings (SSSR count). The second-order valence-corrected chi connectivity index (χ2v) is 4.50. The van der Waals surface area contributed by atoms with Gasteiger partial charge in [0, 0.05) is 17.2 Å². The molecule has 1 atom stereocenters. The van der Waals surface area contributed by atoms with Gasteiger partial charge >= 0.3 is 6.18 Å². The number of halogens is 6. The van der Waals surface area contributed by atoms with Gasteiger partial charge in [0.25, 0.3) is 0 Å². The standard InChI is InChI=1S/C13H7ClF5NO/c14-12-8(3-4-10(20-12)13(17,18)19)11(21)7-2-1-6(15)5-9(7)16/h1-5,11,21H. The van der Waals surface area contributed by atoms with Crippen molar-refractivity contribution in [1.82, 2.24) is 4.98 Å². The molecule has 0 radical (unpaired) electrons. The minimum Gasteiger partial charge on any atom is -0.383 e. The maximum Gasteiger partial charge on any atom is 0.433 e. The highest BCUT2D eigenvalue weighted by molar-refractivity contribution is 6.30. The number of aliphatic hydroxyl groups is 1. The molecule has 0 saturated heterocycles. The van der Waals surface area contributed by atoms with Crippen LogP contribution in [0.25, 0.3) is 0 Å². The van der Waals surface area contributed by atoms with E-state index in [0.717, 1.165) is 18.2 Å². The average molecular weight is 324 g/mol. The molecule has 1 unspecified atom stereocenters. The van der Waals surface area contributed by atoms with E-state index in [9.17, 15) is 27.1 Å². The van der Waals surface area contributed by atoms with Gasteiger partial charge in [-0.05, 0) is 12.1 Å². The maximum absolute atomic E-state index is 13.5. The van der Waals surface area contributed by atoms with Crippen LogP contribution in [0, 0.1) is 11.6 Å². The SMILES string of the molecule is OC(c1ccc(F)cc1F)c1ccc(C(F)(F)F)nc1Cl. The van der Waals surface area contributed by atoms with E-state index in [-0.39, 0.29) is 11.1 Å². The van der Waals surface area contributed by atoms with Crippen LogP contribution in [0.1, 0.15) is 22.9 Å². The minimum atomic E-state index is -4.69. The van der Waals surface area contributed by atoms with Gasteiger partial charge in [-0.25, -0.2) is 13.8 Å². The Labute approximate surface area is 120 Å². The molecule has 0 aliphatic rings. The predicted molar refractivity (Wildman–Crippen MR) is 64.7 cm³/mol. The Morgan fingerprint density at radius 2 is 1.67 bits per heavy atom. The summed E-state index contributed by atoms with van der Waals surface area (Å²) in [7, 11) is 0. The van der Waals surface area contributed by atoms with Gasteiger partial charge in [-0.15, -0.1) is 0 Å². The van der Waals surface area contributed by atoms with Gasteiger partial charge in [0.05, 0.1) is 0 Å². The van der Waals surface area contributed by atoms with Crippen LogP contribution in [0.4, 0.5) is 22.0 Å². The predicted octanol–water partition coefficient (Wildman–Crippen LogP) is 4.11. The Kier molecular flexibility index (Phi) is 4.15. The Balaban J connectivity index is 2.42. The molecule has 0 amide bonds. The first-order valence-corrected chi connectivity index (χ1v) is 5.94. The molecule has 0 saturated carbocycles. The third kappa shape index (κ3) is 3.30. The molecule has 112 valence electrons. The molecule has 8 heteroatoms. The van der Waals surface area contributed by atoms with E-state index in [1.807, 2.05) is 0 Å². The van der Waals surface area contributed by atoms with Gasteiger partial charge in [-0.2, -0.15) is 13.2 Å². The highest BCUT2D eigenvalue weighted by Gasteiger charge is 2.33. The summed E-state index contributed by atoms with van der Waals surface area (Å²) in [6, 6.07) is 3.94. The van der Waals surface area contributed by atoms with Crippen LogP contribution in [-0.2, 0) is 6.18 Å². The number of alkyl halides is 3. The van der Waals surface area contributed by atoms with Crippen molar-refractivity contribution in [2.24, 2.45) is 0 Å².